The Morgan fingerprint density at radius 3 is 2.17 bits per heavy atom. The van der Waals surface area contributed by atoms with Gasteiger partial charge in [-0.2, -0.15) is 0 Å². The average Bonchev–Trinajstić information content (AvgIpc) is 2.05. The van der Waals surface area contributed by atoms with Crippen molar-refractivity contribution in [3.8, 4) is 0 Å². The Bertz CT molecular complexity index is 156. The quantitative estimate of drug-likeness (QED) is 0.633. The Labute approximate surface area is 75.9 Å². The topological polar surface area (TPSA) is 12.0 Å². The summed E-state index contributed by atoms with van der Waals surface area (Å²) >= 11 is 0. The molecule has 1 saturated heterocycles. The lowest BCUT2D eigenvalue weighted by Gasteiger charge is -2.50. The second kappa shape index (κ2) is 3.02. The summed E-state index contributed by atoms with van der Waals surface area (Å²) in [6, 6.07) is 0.831. The highest BCUT2D eigenvalue weighted by Crippen LogP contribution is 2.39. The van der Waals surface area contributed by atoms with Crippen molar-refractivity contribution >= 4 is 0 Å². The average molecular weight is 167 g/mol. The first kappa shape index (κ1) is 8.55. The lowest BCUT2D eigenvalue weighted by Crippen LogP contribution is -2.62. The zero-order valence-electron chi connectivity index (χ0n) is 8.40. The molecule has 0 spiro atoms. The fourth-order valence-electron chi connectivity index (χ4n) is 2.90. The molecule has 1 atom stereocenters. The van der Waals surface area contributed by atoms with Gasteiger partial charge in [-0.25, -0.2) is 0 Å². The SMILES string of the molecule is CC1(C)CNC1C1CCCCC1. The number of hydrogen-bond acceptors (Lipinski definition) is 1. The van der Waals surface area contributed by atoms with E-state index in [-0.39, 0.29) is 0 Å². The molecule has 1 unspecified atom stereocenters. The van der Waals surface area contributed by atoms with E-state index in [1.807, 2.05) is 0 Å². The van der Waals surface area contributed by atoms with Gasteiger partial charge < -0.3 is 5.32 Å². The Hall–Kier alpha value is -0.0400. The number of hydrogen-bond donors (Lipinski definition) is 1. The van der Waals surface area contributed by atoms with Gasteiger partial charge in [-0.05, 0) is 24.2 Å². The maximum Gasteiger partial charge on any atom is 0.0159 e. The second-order valence-electron chi connectivity index (χ2n) is 5.25. The molecule has 1 heterocycles. The lowest BCUT2D eigenvalue weighted by molar-refractivity contribution is 0.0577. The van der Waals surface area contributed by atoms with E-state index in [9.17, 15) is 0 Å². The molecule has 2 aliphatic rings. The fourth-order valence-corrected chi connectivity index (χ4v) is 2.90. The molecule has 2 fully saturated rings. The van der Waals surface area contributed by atoms with E-state index in [0.717, 1.165) is 12.0 Å². The monoisotopic (exact) mass is 167 g/mol. The van der Waals surface area contributed by atoms with Crippen LogP contribution in [0.2, 0.25) is 0 Å². The van der Waals surface area contributed by atoms with Gasteiger partial charge in [-0.15, -0.1) is 0 Å². The minimum absolute atomic E-state index is 0.585. The highest BCUT2D eigenvalue weighted by Gasteiger charge is 2.42. The van der Waals surface area contributed by atoms with Crippen molar-refractivity contribution in [3.63, 3.8) is 0 Å². The Morgan fingerprint density at radius 1 is 1.08 bits per heavy atom. The highest BCUT2D eigenvalue weighted by molar-refractivity contribution is 4.99. The largest absolute Gasteiger partial charge is 0.313 e. The van der Waals surface area contributed by atoms with E-state index in [1.54, 1.807) is 0 Å². The van der Waals surface area contributed by atoms with Gasteiger partial charge in [0.05, 0.1) is 0 Å². The molecule has 2 rings (SSSR count). The van der Waals surface area contributed by atoms with E-state index in [1.165, 1.54) is 38.6 Å². The van der Waals surface area contributed by atoms with Gasteiger partial charge in [-0.3, -0.25) is 0 Å². The summed E-state index contributed by atoms with van der Waals surface area (Å²) in [5.74, 6) is 0.988. The normalized spacial score (nSPS) is 36.0. The maximum atomic E-state index is 3.61. The molecule has 12 heavy (non-hydrogen) atoms. The van der Waals surface area contributed by atoms with Crippen molar-refractivity contribution in [2.75, 3.05) is 6.54 Å². The third-order valence-electron chi connectivity index (χ3n) is 3.74. The molecule has 1 aliphatic carbocycles. The smallest absolute Gasteiger partial charge is 0.0159 e. The van der Waals surface area contributed by atoms with E-state index >= 15 is 0 Å². The Balaban J connectivity index is 1.91. The number of nitrogens with one attached hydrogen (secondary N) is 1. The van der Waals surface area contributed by atoms with Crippen LogP contribution < -0.4 is 5.32 Å². The third-order valence-corrected chi connectivity index (χ3v) is 3.74. The molecule has 0 aromatic heterocycles. The van der Waals surface area contributed by atoms with Crippen LogP contribution >= 0.6 is 0 Å². The molecule has 1 N–H and O–H groups in total. The summed E-state index contributed by atoms with van der Waals surface area (Å²) in [5.41, 5.74) is 0.585. The standard InChI is InChI=1S/C11H21N/c1-11(2)8-12-10(11)9-6-4-3-5-7-9/h9-10,12H,3-8H2,1-2H3. The van der Waals surface area contributed by atoms with Crippen LogP contribution in [-0.4, -0.2) is 12.6 Å². The predicted molar refractivity (Wildman–Crippen MR) is 52.1 cm³/mol. The van der Waals surface area contributed by atoms with Crippen LogP contribution in [0.15, 0.2) is 0 Å². The lowest BCUT2D eigenvalue weighted by atomic mass is 9.67. The van der Waals surface area contributed by atoms with Crippen molar-refractivity contribution in [1.29, 1.82) is 0 Å². The van der Waals surface area contributed by atoms with Crippen molar-refractivity contribution in [3.05, 3.63) is 0 Å². The maximum absolute atomic E-state index is 3.61. The zero-order chi connectivity index (χ0) is 8.60. The minimum atomic E-state index is 0.585. The van der Waals surface area contributed by atoms with E-state index in [2.05, 4.69) is 19.2 Å². The fraction of sp³-hybridized carbons (Fsp3) is 1.00. The summed E-state index contributed by atoms with van der Waals surface area (Å²) in [6.45, 7) is 6.04. The Morgan fingerprint density at radius 2 is 1.75 bits per heavy atom. The van der Waals surface area contributed by atoms with Crippen molar-refractivity contribution in [2.45, 2.75) is 52.0 Å². The Kier molecular flexibility index (Phi) is 2.16. The van der Waals surface area contributed by atoms with Gasteiger partial charge in [0.2, 0.25) is 0 Å². The summed E-state index contributed by atoms with van der Waals surface area (Å²) in [6.07, 6.45) is 7.36. The van der Waals surface area contributed by atoms with Crippen LogP contribution in [0.3, 0.4) is 0 Å². The van der Waals surface area contributed by atoms with Gasteiger partial charge in [-0.1, -0.05) is 33.1 Å². The summed E-state index contributed by atoms with van der Waals surface area (Å²) < 4.78 is 0. The van der Waals surface area contributed by atoms with Crippen LogP contribution in [0.1, 0.15) is 46.0 Å². The second-order valence-corrected chi connectivity index (χ2v) is 5.25. The third kappa shape index (κ3) is 1.39. The zero-order valence-corrected chi connectivity index (χ0v) is 8.40. The van der Waals surface area contributed by atoms with E-state index < -0.39 is 0 Å². The van der Waals surface area contributed by atoms with Gasteiger partial charge in [0.1, 0.15) is 0 Å². The van der Waals surface area contributed by atoms with Crippen molar-refractivity contribution in [2.24, 2.45) is 11.3 Å². The molecule has 1 aliphatic heterocycles. The van der Waals surface area contributed by atoms with Gasteiger partial charge in [0.25, 0.3) is 0 Å². The number of rotatable bonds is 1. The molecular formula is C11H21N. The van der Waals surface area contributed by atoms with Crippen LogP contribution in [0.25, 0.3) is 0 Å². The van der Waals surface area contributed by atoms with Crippen LogP contribution in [0.4, 0.5) is 0 Å². The molecule has 1 heteroatoms. The molecule has 0 radical (unpaired) electrons. The van der Waals surface area contributed by atoms with Gasteiger partial charge in [0, 0.05) is 12.6 Å². The molecule has 0 aromatic carbocycles. The molecule has 0 amide bonds. The first-order valence-electron chi connectivity index (χ1n) is 5.43. The summed E-state index contributed by atoms with van der Waals surface area (Å²) in [7, 11) is 0. The van der Waals surface area contributed by atoms with Crippen molar-refractivity contribution in [1.82, 2.24) is 5.32 Å². The summed E-state index contributed by atoms with van der Waals surface area (Å²) in [4.78, 5) is 0. The first-order valence-corrected chi connectivity index (χ1v) is 5.43. The highest BCUT2D eigenvalue weighted by atomic mass is 15.0. The van der Waals surface area contributed by atoms with Gasteiger partial charge >= 0.3 is 0 Å². The molecule has 1 saturated carbocycles. The van der Waals surface area contributed by atoms with Gasteiger partial charge in [0.15, 0.2) is 0 Å². The van der Waals surface area contributed by atoms with Crippen LogP contribution in [0, 0.1) is 11.3 Å². The molecule has 0 bridgehead atoms. The van der Waals surface area contributed by atoms with E-state index in [4.69, 9.17) is 0 Å². The van der Waals surface area contributed by atoms with Crippen LogP contribution in [-0.2, 0) is 0 Å². The van der Waals surface area contributed by atoms with Crippen LogP contribution in [0.5, 0.6) is 0 Å². The molecular weight excluding hydrogens is 146 g/mol. The van der Waals surface area contributed by atoms with E-state index in [0.29, 0.717) is 5.41 Å². The summed E-state index contributed by atoms with van der Waals surface area (Å²) in [5, 5.41) is 3.61. The molecule has 70 valence electrons. The predicted octanol–water partition coefficient (Wildman–Crippen LogP) is 2.56. The molecule has 1 nitrogen and oxygen atoms in total. The first-order chi connectivity index (χ1) is 5.70. The minimum Gasteiger partial charge on any atom is -0.313 e. The molecule has 0 aromatic rings. The van der Waals surface area contributed by atoms with Crippen molar-refractivity contribution < 1.29 is 0 Å².